The van der Waals surface area contributed by atoms with E-state index in [-0.39, 0.29) is 19.4 Å². The molecule has 0 aromatic heterocycles. The normalized spacial score (nSPS) is 14.3. The predicted octanol–water partition coefficient (Wildman–Crippen LogP) is 10.4. The van der Waals surface area contributed by atoms with Crippen molar-refractivity contribution in [3.05, 3.63) is 36.5 Å². The Hall–Kier alpha value is -1.81. The Kier molecular flexibility index (Phi) is 36.2. The first kappa shape index (κ1) is 50.2. The quantitative estimate of drug-likeness (QED) is 0.0240. The number of hydrogen-bond acceptors (Lipinski definition) is 9. The van der Waals surface area contributed by atoms with Crippen LogP contribution in [0.3, 0.4) is 0 Å². The van der Waals surface area contributed by atoms with Gasteiger partial charge in [-0.15, -0.1) is 0 Å². The second-order valence-corrected chi connectivity index (χ2v) is 15.1. The number of aliphatic hydroxyl groups excluding tert-OH is 2. The smallest absolute Gasteiger partial charge is 0.462 e. The van der Waals surface area contributed by atoms with Gasteiger partial charge >= 0.3 is 19.8 Å². The number of phosphoric ester groups is 1. The lowest BCUT2D eigenvalue weighted by molar-refractivity contribution is -0.161. The van der Waals surface area contributed by atoms with E-state index in [1.165, 1.54) is 64.2 Å². The second kappa shape index (κ2) is 37.5. The number of ether oxygens (including phenoxy) is 2. The largest absolute Gasteiger partial charge is 0.472 e. The minimum atomic E-state index is -4.62. The molecule has 0 bridgehead atoms. The van der Waals surface area contributed by atoms with Crippen LogP contribution < -0.4 is 0 Å². The van der Waals surface area contributed by atoms with Crippen molar-refractivity contribution in [3.8, 4) is 0 Å². The molecule has 0 aliphatic heterocycles. The van der Waals surface area contributed by atoms with Gasteiger partial charge in [0, 0.05) is 12.8 Å². The van der Waals surface area contributed by atoms with E-state index in [1.54, 1.807) is 0 Å². The summed E-state index contributed by atoms with van der Waals surface area (Å²) in [4.78, 5) is 34.9. The molecule has 0 saturated carbocycles. The number of phosphoric acid groups is 1. The van der Waals surface area contributed by atoms with E-state index in [0.29, 0.717) is 12.8 Å². The molecule has 0 aromatic carbocycles. The second-order valence-electron chi connectivity index (χ2n) is 13.7. The molecule has 0 radical (unpaired) electrons. The zero-order valence-corrected chi connectivity index (χ0v) is 33.7. The third-order valence-corrected chi connectivity index (χ3v) is 9.47. The molecule has 0 rings (SSSR count). The van der Waals surface area contributed by atoms with Crippen molar-refractivity contribution in [1.29, 1.82) is 0 Å². The molecule has 0 aliphatic rings. The standard InChI is InChI=1S/C41H75O10P/c1-3-5-7-9-11-13-15-17-19-21-23-25-27-29-31-33-41(45)51-39(37-50-52(46,47)49-35-38(43)34-42)36-48-40(44)32-30-28-26-24-22-20-18-16-14-12-10-8-6-4-2/h10,12-13,15-16,18,38-39,42-43H,3-9,11,14,17,19-37H2,1-2H3,(H,46,47)/b12-10+,15-13+,18-16+/t38-,39+/m0/s1. The van der Waals surface area contributed by atoms with Crippen molar-refractivity contribution in [2.75, 3.05) is 26.4 Å². The molecule has 0 aromatic rings. The van der Waals surface area contributed by atoms with Crippen LogP contribution in [0.4, 0.5) is 0 Å². The summed E-state index contributed by atoms with van der Waals surface area (Å²) >= 11 is 0. The van der Waals surface area contributed by atoms with Crippen LogP contribution in [0.5, 0.6) is 0 Å². The van der Waals surface area contributed by atoms with Crippen LogP contribution in [0.1, 0.15) is 174 Å². The van der Waals surface area contributed by atoms with E-state index in [2.05, 4.69) is 54.8 Å². The van der Waals surface area contributed by atoms with Crippen LogP contribution in [0.25, 0.3) is 0 Å². The maximum Gasteiger partial charge on any atom is 0.472 e. The zero-order valence-electron chi connectivity index (χ0n) is 32.8. The van der Waals surface area contributed by atoms with Crippen LogP contribution in [-0.2, 0) is 32.7 Å². The van der Waals surface area contributed by atoms with Crippen LogP contribution in [0.2, 0.25) is 0 Å². The van der Waals surface area contributed by atoms with Gasteiger partial charge in [-0.2, -0.15) is 0 Å². The Morgan fingerprint density at radius 1 is 0.577 bits per heavy atom. The van der Waals surface area contributed by atoms with Crippen molar-refractivity contribution < 1.29 is 47.8 Å². The molecule has 0 amide bonds. The van der Waals surface area contributed by atoms with Gasteiger partial charge in [0.1, 0.15) is 12.7 Å². The molecular formula is C41H75O10P. The lowest BCUT2D eigenvalue weighted by Gasteiger charge is -2.20. The van der Waals surface area contributed by atoms with Gasteiger partial charge in [0.2, 0.25) is 0 Å². The van der Waals surface area contributed by atoms with E-state index >= 15 is 0 Å². The van der Waals surface area contributed by atoms with E-state index < -0.39 is 51.8 Å². The summed E-state index contributed by atoms with van der Waals surface area (Å²) in [5.74, 6) is -0.947. The van der Waals surface area contributed by atoms with E-state index in [0.717, 1.165) is 70.6 Å². The first-order chi connectivity index (χ1) is 25.2. The highest BCUT2D eigenvalue weighted by molar-refractivity contribution is 7.47. The summed E-state index contributed by atoms with van der Waals surface area (Å²) < 4.78 is 32.6. The van der Waals surface area contributed by atoms with Crippen molar-refractivity contribution in [2.24, 2.45) is 0 Å². The minimum absolute atomic E-state index is 0.176. The van der Waals surface area contributed by atoms with Crippen LogP contribution in [0, 0.1) is 0 Å². The average Bonchev–Trinajstić information content (AvgIpc) is 3.13. The Morgan fingerprint density at radius 2 is 1.02 bits per heavy atom. The monoisotopic (exact) mass is 759 g/mol. The summed E-state index contributed by atoms with van der Waals surface area (Å²) in [7, 11) is -4.62. The molecule has 1 unspecified atom stereocenters. The van der Waals surface area contributed by atoms with Crippen LogP contribution in [-0.4, -0.2) is 65.7 Å². The Bertz CT molecular complexity index is 967. The van der Waals surface area contributed by atoms with Crippen LogP contribution in [0.15, 0.2) is 36.5 Å². The number of unbranched alkanes of at least 4 members (excludes halogenated alkanes) is 18. The SMILES string of the molecule is CCCC/C=C/C/C=C/CCCCCCCC(=O)OC[C@H](COP(=O)(O)OC[C@@H](O)CO)OC(=O)CCCCCCCCC/C=C/CCCCCC. The number of hydrogen-bond donors (Lipinski definition) is 3. The summed E-state index contributed by atoms with van der Waals surface area (Å²) in [5.41, 5.74) is 0. The molecular weight excluding hydrogens is 683 g/mol. The van der Waals surface area contributed by atoms with E-state index in [9.17, 15) is 24.2 Å². The third kappa shape index (κ3) is 36.5. The maximum atomic E-state index is 12.6. The van der Waals surface area contributed by atoms with Gasteiger partial charge in [0.25, 0.3) is 0 Å². The van der Waals surface area contributed by atoms with Crippen molar-refractivity contribution in [2.45, 2.75) is 187 Å². The Labute approximate surface area is 316 Å². The fourth-order valence-electron chi connectivity index (χ4n) is 5.30. The summed E-state index contributed by atoms with van der Waals surface area (Å²) in [6.07, 6.45) is 36.8. The van der Waals surface area contributed by atoms with Crippen LogP contribution >= 0.6 is 7.82 Å². The molecule has 0 aliphatic carbocycles. The number of carbonyl (C=O) groups excluding carboxylic acids is 2. The predicted molar refractivity (Wildman–Crippen MR) is 210 cm³/mol. The first-order valence-corrected chi connectivity index (χ1v) is 21.9. The highest BCUT2D eigenvalue weighted by atomic mass is 31.2. The Balaban J connectivity index is 4.36. The number of rotatable bonds is 38. The first-order valence-electron chi connectivity index (χ1n) is 20.4. The van der Waals surface area contributed by atoms with Gasteiger partial charge < -0.3 is 24.6 Å². The zero-order chi connectivity index (χ0) is 38.4. The van der Waals surface area contributed by atoms with Crippen molar-refractivity contribution in [1.82, 2.24) is 0 Å². The van der Waals surface area contributed by atoms with Crippen molar-refractivity contribution >= 4 is 19.8 Å². The highest BCUT2D eigenvalue weighted by Crippen LogP contribution is 2.43. The lowest BCUT2D eigenvalue weighted by Crippen LogP contribution is -2.29. The van der Waals surface area contributed by atoms with Gasteiger partial charge in [-0.25, -0.2) is 4.57 Å². The number of carbonyl (C=O) groups is 2. The molecule has 0 heterocycles. The number of esters is 2. The Morgan fingerprint density at radius 3 is 1.56 bits per heavy atom. The number of aliphatic hydroxyl groups is 2. The summed E-state index contributed by atoms with van der Waals surface area (Å²) in [6, 6.07) is 0. The van der Waals surface area contributed by atoms with E-state index in [4.69, 9.17) is 19.1 Å². The summed E-state index contributed by atoms with van der Waals surface area (Å²) in [6.45, 7) is 2.30. The topological polar surface area (TPSA) is 149 Å². The molecule has 52 heavy (non-hydrogen) atoms. The molecule has 0 spiro atoms. The molecule has 3 atom stereocenters. The third-order valence-electron chi connectivity index (χ3n) is 8.52. The molecule has 0 saturated heterocycles. The maximum absolute atomic E-state index is 12.6. The molecule has 304 valence electrons. The molecule has 3 N–H and O–H groups in total. The summed E-state index contributed by atoms with van der Waals surface area (Å²) in [5, 5.41) is 18.3. The lowest BCUT2D eigenvalue weighted by atomic mass is 10.1. The van der Waals surface area contributed by atoms with Gasteiger partial charge in [0.15, 0.2) is 6.10 Å². The fraction of sp³-hybridized carbons (Fsp3) is 0.805. The van der Waals surface area contributed by atoms with Gasteiger partial charge in [0.05, 0.1) is 19.8 Å². The van der Waals surface area contributed by atoms with E-state index in [1.807, 2.05) is 0 Å². The highest BCUT2D eigenvalue weighted by Gasteiger charge is 2.27. The molecule has 0 fully saturated rings. The molecule has 11 heteroatoms. The van der Waals surface area contributed by atoms with Gasteiger partial charge in [-0.3, -0.25) is 18.6 Å². The fourth-order valence-corrected chi connectivity index (χ4v) is 6.09. The average molecular weight is 759 g/mol. The van der Waals surface area contributed by atoms with Gasteiger partial charge in [-0.05, 0) is 64.2 Å². The van der Waals surface area contributed by atoms with Gasteiger partial charge in [-0.1, -0.05) is 134 Å². The van der Waals surface area contributed by atoms with Crippen molar-refractivity contribution in [3.63, 3.8) is 0 Å². The molecule has 10 nitrogen and oxygen atoms in total. The number of allylic oxidation sites excluding steroid dienone is 6. The minimum Gasteiger partial charge on any atom is -0.462 e.